The molecule has 0 bridgehead atoms. The molecule has 0 fully saturated rings. The maximum Gasteiger partial charge on any atom is 0.221 e. The lowest BCUT2D eigenvalue weighted by Crippen LogP contribution is -2.41. The highest BCUT2D eigenvalue weighted by Gasteiger charge is 2.03. The first kappa shape index (κ1) is 14.2. The summed E-state index contributed by atoms with van der Waals surface area (Å²) in [6.07, 6.45) is 0.443. The second-order valence-corrected chi connectivity index (χ2v) is 4.44. The molecule has 0 aliphatic carbocycles. The molecule has 0 aromatic heterocycles. The number of thiocarbonyl (C=S) groups is 1. The van der Waals surface area contributed by atoms with Gasteiger partial charge >= 0.3 is 0 Å². The lowest BCUT2D eigenvalue weighted by Gasteiger charge is -2.13. The van der Waals surface area contributed by atoms with Gasteiger partial charge in [-0.15, -0.1) is 0 Å². The quantitative estimate of drug-likeness (QED) is 0.612. The fraction of sp³-hybridized carbons (Fsp3) is 0.800. The van der Waals surface area contributed by atoms with Crippen molar-refractivity contribution in [2.75, 3.05) is 6.54 Å². The van der Waals surface area contributed by atoms with Gasteiger partial charge in [-0.2, -0.15) is 0 Å². The molecule has 0 spiro atoms. The fourth-order valence-corrected chi connectivity index (χ4v) is 1.33. The first-order valence-electron chi connectivity index (χ1n) is 5.25. The molecule has 0 unspecified atom stereocenters. The molecular weight excluding hydrogens is 210 g/mol. The van der Waals surface area contributed by atoms with Crippen LogP contribution in [0.5, 0.6) is 0 Å². The summed E-state index contributed by atoms with van der Waals surface area (Å²) in [6, 6.07) is 0.507. The van der Waals surface area contributed by atoms with Gasteiger partial charge < -0.3 is 16.0 Å². The van der Waals surface area contributed by atoms with E-state index in [-0.39, 0.29) is 11.9 Å². The minimum Gasteiger partial charge on any atom is -0.362 e. The van der Waals surface area contributed by atoms with E-state index >= 15 is 0 Å². The van der Waals surface area contributed by atoms with Crippen LogP contribution in [-0.4, -0.2) is 29.6 Å². The molecule has 1 amide bonds. The summed E-state index contributed by atoms with van der Waals surface area (Å²) in [5.74, 6) is 0.0462. The van der Waals surface area contributed by atoms with Crippen LogP contribution < -0.4 is 16.0 Å². The average molecular weight is 231 g/mol. The lowest BCUT2D eigenvalue weighted by molar-refractivity contribution is -0.121. The Hall–Kier alpha value is -0.840. The third-order valence-electron chi connectivity index (χ3n) is 1.51. The Morgan fingerprint density at radius 3 is 2.13 bits per heavy atom. The Kier molecular flexibility index (Phi) is 7.03. The number of carbonyl (C=O) groups excluding carboxylic acids is 1. The summed E-state index contributed by atoms with van der Waals surface area (Å²) in [4.78, 5) is 11.2. The van der Waals surface area contributed by atoms with Crippen LogP contribution in [0.25, 0.3) is 0 Å². The SMILES string of the molecule is CC(C)NC(=O)CCNC(=S)NC(C)C. The van der Waals surface area contributed by atoms with Crippen LogP contribution in [0.4, 0.5) is 0 Å². The maximum absolute atomic E-state index is 11.2. The van der Waals surface area contributed by atoms with Crippen molar-refractivity contribution in [3.8, 4) is 0 Å². The Bertz CT molecular complexity index is 195. The molecule has 4 nitrogen and oxygen atoms in total. The number of rotatable bonds is 5. The summed E-state index contributed by atoms with van der Waals surface area (Å²) in [6.45, 7) is 8.47. The molecule has 0 radical (unpaired) electrons. The number of hydrogen-bond acceptors (Lipinski definition) is 2. The standard InChI is InChI=1S/C10H21N3OS/c1-7(2)12-9(14)5-6-11-10(15)13-8(3)4/h7-8H,5-6H2,1-4H3,(H,12,14)(H2,11,13,15). The Morgan fingerprint density at radius 1 is 1.13 bits per heavy atom. The van der Waals surface area contributed by atoms with E-state index in [0.29, 0.717) is 24.1 Å². The zero-order valence-electron chi connectivity index (χ0n) is 9.89. The van der Waals surface area contributed by atoms with Crippen molar-refractivity contribution in [3.05, 3.63) is 0 Å². The highest BCUT2D eigenvalue weighted by Crippen LogP contribution is 1.83. The van der Waals surface area contributed by atoms with Gasteiger partial charge in [0.1, 0.15) is 0 Å². The second kappa shape index (κ2) is 7.45. The highest BCUT2D eigenvalue weighted by atomic mass is 32.1. The van der Waals surface area contributed by atoms with E-state index in [0.717, 1.165) is 0 Å². The normalized spacial score (nSPS) is 10.3. The van der Waals surface area contributed by atoms with E-state index in [9.17, 15) is 4.79 Å². The summed E-state index contributed by atoms with van der Waals surface area (Å²) in [5.41, 5.74) is 0. The third kappa shape index (κ3) is 9.46. The summed E-state index contributed by atoms with van der Waals surface area (Å²) in [5, 5.41) is 9.44. The van der Waals surface area contributed by atoms with E-state index in [4.69, 9.17) is 12.2 Å². The van der Waals surface area contributed by atoms with Gasteiger partial charge in [0.05, 0.1) is 0 Å². The second-order valence-electron chi connectivity index (χ2n) is 4.03. The number of hydrogen-bond donors (Lipinski definition) is 3. The molecule has 0 rings (SSSR count). The van der Waals surface area contributed by atoms with E-state index < -0.39 is 0 Å². The molecule has 15 heavy (non-hydrogen) atoms. The van der Waals surface area contributed by atoms with Crippen LogP contribution in [-0.2, 0) is 4.79 Å². The minimum absolute atomic E-state index is 0.0462. The molecule has 5 heteroatoms. The zero-order valence-corrected chi connectivity index (χ0v) is 10.7. The zero-order chi connectivity index (χ0) is 11.8. The van der Waals surface area contributed by atoms with Crippen molar-refractivity contribution in [2.24, 2.45) is 0 Å². The summed E-state index contributed by atoms with van der Waals surface area (Å²) >= 11 is 5.02. The van der Waals surface area contributed by atoms with Crippen molar-refractivity contribution in [1.82, 2.24) is 16.0 Å². The van der Waals surface area contributed by atoms with Crippen LogP contribution in [0.15, 0.2) is 0 Å². The van der Waals surface area contributed by atoms with Gasteiger partial charge in [-0.3, -0.25) is 4.79 Å². The van der Waals surface area contributed by atoms with Gasteiger partial charge in [-0.25, -0.2) is 0 Å². The van der Waals surface area contributed by atoms with Gasteiger partial charge in [0.2, 0.25) is 5.91 Å². The molecular formula is C10H21N3OS. The van der Waals surface area contributed by atoms with Crippen molar-refractivity contribution in [2.45, 2.75) is 46.2 Å². The van der Waals surface area contributed by atoms with Gasteiger partial charge in [0, 0.05) is 25.0 Å². The number of amides is 1. The molecule has 88 valence electrons. The molecule has 0 heterocycles. The topological polar surface area (TPSA) is 53.2 Å². The average Bonchev–Trinajstić information content (AvgIpc) is 2.00. The molecule has 0 aliphatic rings. The van der Waals surface area contributed by atoms with Crippen LogP contribution in [0, 0.1) is 0 Å². The molecule has 0 aliphatic heterocycles. The lowest BCUT2D eigenvalue weighted by atomic mass is 10.3. The highest BCUT2D eigenvalue weighted by molar-refractivity contribution is 7.80. The molecule has 0 atom stereocenters. The van der Waals surface area contributed by atoms with Crippen molar-refractivity contribution in [3.63, 3.8) is 0 Å². The number of nitrogens with one attached hydrogen (secondary N) is 3. The number of carbonyl (C=O) groups is 1. The van der Waals surface area contributed by atoms with Gasteiger partial charge in [0.25, 0.3) is 0 Å². The van der Waals surface area contributed by atoms with Crippen molar-refractivity contribution in [1.29, 1.82) is 0 Å². The third-order valence-corrected chi connectivity index (χ3v) is 1.77. The van der Waals surface area contributed by atoms with Crippen molar-refractivity contribution < 1.29 is 4.79 Å². The van der Waals surface area contributed by atoms with Gasteiger partial charge in [0.15, 0.2) is 5.11 Å². The summed E-state index contributed by atoms with van der Waals surface area (Å²) < 4.78 is 0. The molecule has 3 N–H and O–H groups in total. The Balaban J connectivity index is 3.53. The monoisotopic (exact) mass is 231 g/mol. The first-order chi connectivity index (χ1) is 6.91. The van der Waals surface area contributed by atoms with Crippen LogP contribution in [0.1, 0.15) is 34.1 Å². The van der Waals surface area contributed by atoms with E-state index in [2.05, 4.69) is 16.0 Å². The van der Waals surface area contributed by atoms with Crippen LogP contribution in [0.2, 0.25) is 0 Å². The first-order valence-corrected chi connectivity index (χ1v) is 5.66. The van der Waals surface area contributed by atoms with Crippen LogP contribution >= 0.6 is 12.2 Å². The summed E-state index contributed by atoms with van der Waals surface area (Å²) in [7, 11) is 0. The Morgan fingerprint density at radius 2 is 1.67 bits per heavy atom. The smallest absolute Gasteiger partial charge is 0.221 e. The fourth-order valence-electron chi connectivity index (χ4n) is 0.997. The largest absolute Gasteiger partial charge is 0.362 e. The van der Waals surface area contributed by atoms with E-state index in [1.54, 1.807) is 0 Å². The predicted molar refractivity (Wildman–Crippen MR) is 66.8 cm³/mol. The van der Waals surface area contributed by atoms with Gasteiger partial charge in [-0.1, -0.05) is 0 Å². The van der Waals surface area contributed by atoms with E-state index in [1.165, 1.54) is 0 Å². The molecule has 0 aromatic rings. The van der Waals surface area contributed by atoms with Gasteiger partial charge in [-0.05, 0) is 39.9 Å². The van der Waals surface area contributed by atoms with E-state index in [1.807, 2.05) is 27.7 Å². The Labute approximate surface area is 97.2 Å². The molecule has 0 saturated heterocycles. The van der Waals surface area contributed by atoms with Crippen molar-refractivity contribution >= 4 is 23.2 Å². The van der Waals surface area contributed by atoms with Crippen LogP contribution in [0.3, 0.4) is 0 Å². The minimum atomic E-state index is 0.0462. The predicted octanol–water partition coefficient (Wildman–Crippen LogP) is 0.774. The maximum atomic E-state index is 11.2. The molecule has 0 aromatic carbocycles. The molecule has 0 saturated carbocycles.